The Bertz CT molecular complexity index is 475. The highest BCUT2D eigenvalue weighted by Crippen LogP contribution is 2.24. The van der Waals surface area contributed by atoms with Crippen LogP contribution in [0.4, 0.5) is 10.1 Å². The van der Waals surface area contributed by atoms with Gasteiger partial charge < -0.3 is 15.5 Å². The summed E-state index contributed by atoms with van der Waals surface area (Å²) in [7, 11) is 2.09. The number of hydrogen-bond acceptors (Lipinski definition) is 3. The smallest absolute Gasteiger partial charge is 0.147 e. The van der Waals surface area contributed by atoms with Crippen molar-refractivity contribution in [1.29, 1.82) is 5.41 Å². The maximum absolute atomic E-state index is 14.2. The molecule has 104 valence electrons. The number of likely N-dealkylation sites (N-methyl/N-ethyl adjacent to an activating group) is 1. The van der Waals surface area contributed by atoms with Crippen LogP contribution in [0.2, 0.25) is 0 Å². The number of nitrogen functional groups attached to an aromatic ring is 1. The Hall–Kier alpha value is -1.62. The molecular formula is C14H21FN4. The molecule has 1 aromatic rings. The third kappa shape index (κ3) is 3.04. The Morgan fingerprint density at radius 2 is 2.16 bits per heavy atom. The van der Waals surface area contributed by atoms with E-state index in [4.69, 9.17) is 11.1 Å². The number of nitrogens with zero attached hydrogens (tertiary/aromatic N) is 2. The molecule has 1 atom stereocenters. The molecule has 0 amide bonds. The predicted molar refractivity (Wildman–Crippen MR) is 76.3 cm³/mol. The van der Waals surface area contributed by atoms with Gasteiger partial charge >= 0.3 is 0 Å². The lowest BCUT2D eigenvalue weighted by molar-refractivity contribution is 0.337. The van der Waals surface area contributed by atoms with Crippen LogP contribution in [-0.4, -0.2) is 43.5 Å². The molecule has 1 saturated heterocycles. The minimum Gasteiger partial charge on any atom is -0.384 e. The molecule has 1 heterocycles. The number of rotatable bonds is 2. The van der Waals surface area contributed by atoms with Crippen molar-refractivity contribution < 1.29 is 4.39 Å². The molecule has 0 aromatic heterocycles. The first kappa shape index (κ1) is 13.8. The molecule has 0 saturated carbocycles. The van der Waals surface area contributed by atoms with E-state index in [0.29, 0.717) is 11.3 Å². The van der Waals surface area contributed by atoms with Crippen molar-refractivity contribution >= 4 is 11.5 Å². The molecule has 1 aliphatic heterocycles. The summed E-state index contributed by atoms with van der Waals surface area (Å²) >= 11 is 0. The molecule has 1 aliphatic rings. The van der Waals surface area contributed by atoms with Crippen molar-refractivity contribution in [1.82, 2.24) is 4.90 Å². The van der Waals surface area contributed by atoms with E-state index in [1.165, 1.54) is 6.07 Å². The number of hydrogen-bond donors (Lipinski definition) is 2. The summed E-state index contributed by atoms with van der Waals surface area (Å²) in [5.74, 6) is -0.404. The monoisotopic (exact) mass is 264 g/mol. The maximum atomic E-state index is 14.2. The van der Waals surface area contributed by atoms with E-state index < -0.39 is 0 Å². The van der Waals surface area contributed by atoms with E-state index in [0.717, 1.165) is 26.1 Å². The second-order valence-corrected chi connectivity index (χ2v) is 5.24. The first-order valence-corrected chi connectivity index (χ1v) is 6.58. The zero-order valence-corrected chi connectivity index (χ0v) is 11.5. The standard InChI is InChI=1S/C14H21FN4/c1-10-9-18(2)6-3-7-19(10)13-5-4-11(14(16)17)8-12(13)15/h4-5,8,10H,3,6-7,9H2,1-2H3,(H3,16,17). The summed E-state index contributed by atoms with van der Waals surface area (Å²) in [6.45, 7) is 4.92. The van der Waals surface area contributed by atoms with Crippen molar-refractivity contribution in [2.24, 2.45) is 5.73 Å². The second-order valence-electron chi connectivity index (χ2n) is 5.24. The van der Waals surface area contributed by atoms with E-state index in [1.54, 1.807) is 12.1 Å². The lowest BCUT2D eigenvalue weighted by atomic mass is 10.1. The van der Waals surface area contributed by atoms with Gasteiger partial charge in [0.25, 0.3) is 0 Å². The van der Waals surface area contributed by atoms with Gasteiger partial charge in [0.2, 0.25) is 0 Å². The molecule has 19 heavy (non-hydrogen) atoms. The van der Waals surface area contributed by atoms with Gasteiger partial charge in [-0.1, -0.05) is 0 Å². The third-order valence-corrected chi connectivity index (χ3v) is 3.61. The summed E-state index contributed by atoms with van der Waals surface area (Å²) in [6, 6.07) is 5.06. The quantitative estimate of drug-likeness (QED) is 0.630. The van der Waals surface area contributed by atoms with Crippen LogP contribution in [0.25, 0.3) is 0 Å². The minimum atomic E-state index is -0.302. The number of benzene rings is 1. The lowest BCUT2D eigenvalue weighted by Crippen LogP contribution is -2.38. The first-order chi connectivity index (χ1) is 8.99. The summed E-state index contributed by atoms with van der Waals surface area (Å²) < 4.78 is 14.2. The van der Waals surface area contributed by atoms with E-state index in [-0.39, 0.29) is 17.7 Å². The van der Waals surface area contributed by atoms with E-state index in [9.17, 15) is 4.39 Å². The minimum absolute atomic E-state index is 0.103. The average molecular weight is 264 g/mol. The normalized spacial score (nSPS) is 21.2. The Morgan fingerprint density at radius 3 is 2.79 bits per heavy atom. The molecule has 1 unspecified atom stereocenters. The Morgan fingerprint density at radius 1 is 1.42 bits per heavy atom. The number of nitrogens with two attached hydrogens (primary N) is 1. The van der Waals surface area contributed by atoms with Gasteiger partial charge in [0.15, 0.2) is 0 Å². The fraction of sp³-hybridized carbons (Fsp3) is 0.500. The number of anilines is 1. The van der Waals surface area contributed by atoms with Gasteiger partial charge in [-0.25, -0.2) is 4.39 Å². The molecular weight excluding hydrogens is 243 g/mol. The van der Waals surface area contributed by atoms with Crippen LogP contribution in [-0.2, 0) is 0 Å². The third-order valence-electron chi connectivity index (χ3n) is 3.61. The van der Waals surface area contributed by atoms with Gasteiger partial charge in [-0.2, -0.15) is 0 Å². The van der Waals surface area contributed by atoms with Crippen LogP contribution in [0.1, 0.15) is 18.9 Å². The zero-order chi connectivity index (χ0) is 14.0. The molecule has 1 fully saturated rings. The van der Waals surface area contributed by atoms with E-state index in [1.807, 2.05) is 0 Å². The molecule has 0 bridgehead atoms. The summed E-state index contributed by atoms with van der Waals surface area (Å²) in [5, 5.41) is 7.34. The fourth-order valence-electron chi connectivity index (χ4n) is 2.64. The largest absolute Gasteiger partial charge is 0.384 e. The van der Waals surface area contributed by atoms with Crippen LogP contribution >= 0.6 is 0 Å². The van der Waals surface area contributed by atoms with Crippen molar-refractivity contribution in [3.8, 4) is 0 Å². The molecule has 4 nitrogen and oxygen atoms in total. The highest BCUT2D eigenvalue weighted by atomic mass is 19.1. The van der Waals surface area contributed by atoms with E-state index in [2.05, 4.69) is 23.8 Å². The van der Waals surface area contributed by atoms with Crippen LogP contribution in [0.5, 0.6) is 0 Å². The zero-order valence-electron chi connectivity index (χ0n) is 11.5. The summed E-state index contributed by atoms with van der Waals surface area (Å²) in [4.78, 5) is 4.37. The Labute approximate surface area is 113 Å². The Balaban J connectivity index is 2.27. The highest BCUT2D eigenvalue weighted by Gasteiger charge is 2.22. The second kappa shape index (κ2) is 5.57. The van der Waals surface area contributed by atoms with Crippen LogP contribution in [0.3, 0.4) is 0 Å². The lowest BCUT2D eigenvalue weighted by Gasteiger charge is -2.30. The predicted octanol–water partition coefficient (Wildman–Crippen LogP) is 1.64. The van der Waals surface area contributed by atoms with Gasteiger partial charge in [-0.3, -0.25) is 5.41 Å². The maximum Gasteiger partial charge on any atom is 0.147 e. The molecule has 0 spiro atoms. The molecule has 1 aromatic carbocycles. The van der Waals surface area contributed by atoms with Gasteiger partial charge in [-0.05, 0) is 45.1 Å². The van der Waals surface area contributed by atoms with Gasteiger partial charge in [0.05, 0.1) is 5.69 Å². The molecule has 2 rings (SSSR count). The van der Waals surface area contributed by atoms with Gasteiger partial charge in [-0.15, -0.1) is 0 Å². The topological polar surface area (TPSA) is 56.4 Å². The number of nitrogens with one attached hydrogen (secondary N) is 1. The van der Waals surface area contributed by atoms with Crippen molar-refractivity contribution in [3.05, 3.63) is 29.6 Å². The fourth-order valence-corrected chi connectivity index (χ4v) is 2.64. The Kier molecular flexibility index (Phi) is 4.04. The van der Waals surface area contributed by atoms with E-state index >= 15 is 0 Å². The molecule has 3 N–H and O–H groups in total. The van der Waals surface area contributed by atoms with Crippen molar-refractivity contribution in [2.45, 2.75) is 19.4 Å². The number of halogens is 1. The number of amidine groups is 1. The van der Waals surface area contributed by atoms with Crippen LogP contribution < -0.4 is 10.6 Å². The van der Waals surface area contributed by atoms with Crippen molar-refractivity contribution in [2.75, 3.05) is 31.6 Å². The van der Waals surface area contributed by atoms with Gasteiger partial charge in [0.1, 0.15) is 11.7 Å². The summed E-state index contributed by atoms with van der Waals surface area (Å²) in [6.07, 6.45) is 1.02. The first-order valence-electron chi connectivity index (χ1n) is 6.58. The SMILES string of the molecule is CC1CN(C)CCCN1c1ccc(C(=N)N)cc1F. The van der Waals surface area contributed by atoms with Crippen LogP contribution in [0, 0.1) is 11.2 Å². The van der Waals surface area contributed by atoms with Gasteiger partial charge in [0, 0.05) is 24.7 Å². The molecule has 5 heteroatoms. The molecule has 0 aliphatic carbocycles. The van der Waals surface area contributed by atoms with Crippen LogP contribution in [0.15, 0.2) is 18.2 Å². The van der Waals surface area contributed by atoms with Crippen molar-refractivity contribution in [3.63, 3.8) is 0 Å². The molecule has 0 radical (unpaired) electrons. The summed E-state index contributed by atoms with van der Waals surface area (Å²) in [5.41, 5.74) is 6.41. The average Bonchev–Trinajstić information content (AvgIpc) is 2.50. The highest BCUT2D eigenvalue weighted by molar-refractivity contribution is 5.95.